The maximum absolute atomic E-state index is 13.7. The monoisotopic (exact) mass is 376 g/mol. The topological polar surface area (TPSA) is 67.9 Å². The van der Waals surface area contributed by atoms with Crippen molar-refractivity contribution in [3.05, 3.63) is 53.6 Å². The van der Waals surface area contributed by atoms with Crippen molar-refractivity contribution in [3.63, 3.8) is 0 Å². The molecular weight excluding hydrogens is 358 g/mol. The molecule has 2 amide bonds. The zero-order valence-corrected chi connectivity index (χ0v) is 14.8. The third-order valence-corrected chi connectivity index (χ3v) is 4.33. The molecule has 1 atom stereocenters. The van der Waals surface area contributed by atoms with Crippen LogP contribution in [0.3, 0.4) is 0 Å². The standard InChI is InChI=1S/C19H18F2N2O4/c1-26-15-7-6-12(9-16(15)27-2)23-10-11(8-17(23)24)22-19(25)18-13(20)4-3-5-14(18)21/h3-7,9,11H,8,10H2,1-2H3,(H,22,25). The number of halogens is 2. The second-order valence-electron chi connectivity index (χ2n) is 6.01. The Morgan fingerprint density at radius 3 is 2.41 bits per heavy atom. The second kappa shape index (κ2) is 7.61. The Labute approximate surface area is 154 Å². The molecule has 2 aromatic carbocycles. The van der Waals surface area contributed by atoms with E-state index in [9.17, 15) is 18.4 Å². The number of benzene rings is 2. The van der Waals surface area contributed by atoms with Crippen molar-refractivity contribution in [2.45, 2.75) is 12.5 Å². The predicted molar refractivity (Wildman–Crippen MR) is 94.1 cm³/mol. The van der Waals surface area contributed by atoms with Gasteiger partial charge in [0.05, 0.1) is 20.3 Å². The van der Waals surface area contributed by atoms with Crippen LogP contribution in [0.5, 0.6) is 11.5 Å². The third kappa shape index (κ3) is 3.69. The van der Waals surface area contributed by atoms with Crippen LogP contribution in [0.1, 0.15) is 16.8 Å². The van der Waals surface area contributed by atoms with E-state index in [1.807, 2.05) is 0 Å². The average Bonchev–Trinajstić information content (AvgIpc) is 3.01. The number of carbonyl (C=O) groups is 2. The summed E-state index contributed by atoms with van der Waals surface area (Å²) in [6.45, 7) is 0.177. The number of rotatable bonds is 5. The Bertz CT molecular complexity index is 868. The number of anilines is 1. The van der Waals surface area contributed by atoms with Crippen molar-refractivity contribution in [2.24, 2.45) is 0 Å². The van der Waals surface area contributed by atoms with Crippen LogP contribution in [0.4, 0.5) is 14.5 Å². The van der Waals surface area contributed by atoms with Gasteiger partial charge in [-0.15, -0.1) is 0 Å². The Morgan fingerprint density at radius 1 is 1.11 bits per heavy atom. The van der Waals surface area contributed by atoms with Gasteiger partial charge < -0.3 is 19.7 Å². The number of hydrogen-bond acceptors (Lipinski definition) is 4. The summed E-state index contributed by atoms with van der Waals surface area (Å²) in [7, 11) is 2.99. The predicted octanol–water partition coefficient (Wildman–Crippen LogP) is 2.52. The Kier molecular flexibility index (Phi) is 5.25. The zero-order chi connectivity index (χ0) is 19.6. The van der Waals surface area contributed by atoms with Gasteiger partial charge in [0.15, 0.2) is 11.5 Å². The summed E-state index contributed by atoms with van der Waals surface area (Å²) < 4.78 is 37.9. The summed E-state index contributed by atoms with van der Waals surface area (Å²) in [6.07, 6.45) is 0.0240. The van der Waals surface area contributed by atoms with Gasteiger partial charge in [-0.2, -0.15) is 0 Å². The molecule has 0 radical (unpaired) electrons. The van der Waals surface area contributed by atoms with Gasteiger partial charge in [-0.1, -0.05) is 6.07 Å². The van der Waals surface area contributed by atoms with Crippen molar-refractivity contribution in [1.82, 2.24) is 5.32 Å². The molecule has 27 heavy (non-hydrogen) atoms. The van der Waals surface area contributed by atoms with Crippen molar-refractivity contribution in [1.29, 1.82) is 0 Å². The van der Waals surface area contributed by atoms with Crippen molar-refractivity contribution >= 4 is 17.5 Å². The first-order chi connectivity index (χ1) is 12.9. The number of amides is 2. The highest BCUT2D eigenvalue weighted by Gasteiger charge is 2.33. The summed E-state index contributed by atoms with van der Waals surface area (Å²) >= 11 is 0. The molecule has 0 aromatic heterocycles. The van der Waals surface area contributed by atoms with E-state index in [4.69, 9.17) is 9.47 Å². The summed E-state index contributed by atoms with van der Waals surface area (Å²) in [5, 5.41) is 2.52. The molecule has 3 rings (SSSR count). The third-order valence-electron chi connectivity index (χ3n) is 4.33. The number of nitrogens with zero attached hydrogens (tertiary/aromatic N) is 1. The van der Waals surface area contributed by atoms with Crippen LogP contribution < -0.4 is 19.7 Å². The molecule has 1 unspecified atom stereocenters. The lowest BCUT2D eigenvalue weighted by molar-refractivity contribution is -0.117. The van der Waals surface area contributed by atoms with Crippen molar-refractivity contribution in [3.8, 4) is 11.5 Å². The fraction of sp³-hybridized carbons (Fsp3) is 0.263. The van der Waals surface area contributed by atoms with E-state index >= 15 is 0 Å². The second-order valence-corrected chi connectivity index (χ2v) is 6.01. The lowest BCUT2D eigenvalue weighted by atomic mass is 10.1. The minimum absolute atomic E-state index is 0.0240. The molecule has 142 valence electrons. The maximum Gasteiger partial charge on any atom is 0.257 e. The summed E-state index contributed by atoms with van der Waals surface area (Å²) in [5.74, 6) is -2.03. The average molecular weight is 376 g/mol. The van der Waals surface area contributed by atoms with E-state index in [0.717, 1.165) is 12.1 Å². The van der Waals surface area contributed by atoms with E-state index < -0.39 is 29.1 Å². The minimum atomic E-state index is -0.950. The lowest BCUT2D eigenvalue weighted by Gasteiger charge is -2.19. The van der Waals surface area contributed by atoms with Gasteiger partial charge in [0, 0.05) is 24.7 Å². The smallest absolute Gasteiger partial charge is 0.257 e. The number of nitrogens with one attached hydrogen (secondary N) is 1. The first kappa shape index (κ1) is 18.6. The van der Waals surface area contributed by atoms with Crippen LogP contribution in [0, 0.1) is 11.6 Å². The van der Waals surface area contributed by atoms with Gasteiger partial charge in [-0.25, -0.2) is 8.78 Å². The van der Waals surface area contributed by atoms with Crippen LogP contribution in [0.2, 0.25) is 0 Å². The number of carbonyl (C=O) groups excluding carboxylic acids is 2. The SMILES string of the molecule is COc1ccc(N2CC(NC(=O)c3c(F)cccc3F)CC2=O)cc1OC. The van der Waals surface area contributed by atoms with Gasteiger partial charge in [0.1, 0.15) is 17.2 Å². The van der Waals surface area contributed by atoms with Crippen molar-refractivity contribution < 1.29 is 27.8 Å². The molecule has 1 aliphatic heterocycles. The van der Waals surface area contributed by atoms with E-state index in [1.165, 1.54) is 25.2 Å². The summed E-state index contributed by atoms with van der Waals surface area (Å²) in [4.78, 5) is 26.0. The molecule has 1 saturated heterocycles. The highest BCUT2D eigenvalue weighted by molar-refractivity contribution is 5.99. The Balaban J connectivity index is 1.75. The van der Waals surface area contributed by atoms with E-state index in [-0.39, 0.29) is 18.9 Å². The van der Waals surface area contributed by atoms with Gasteiger partial charge in [0.25, 0.3) is 5.91 Å². The van der Waals surface area contributed by atoms with Crippen LogP contribution in [-0.4, -0.2) is 38.6 Å². The van der Waals surface area contributed by atoms with Gasteiger partial charge in [0.2, 0.25) is 5.91 Å². The minimum Gasteiger partial charge on any atom is -0.493 e. The number of ether oxygens (including phenoxy) is 2. The highest BCUT2D eigenvalue weighted by atomic mass is 19.1. The van der Waals surface area contributed by atoms with Crippen LogP contribution in [-0.2, 0) is 4.79 Å². The summed E-state index contributed by atoms with van der Waals surface area (Å²) in [6, 6.07) is 7.64. The maximum atomic E-state index is 13.7. The fourth-order valence-electron chi connectivity index (χ4n) is 3.02. The molecule has 1 fully saturated rings. The van der Waals surface area contributed by atoms with E-state index in [1.54, 1.807) is 18.2 Å². The molecular formula is C19H18F2N2O4. The van der Waals surface area contributed by atoms with E-state index in [0.29, 0.717) is 17.2 Å². The molecule has 1 aliphatic rings. The molecule has 0 bridgehead atoms. The first-order valence-electron chi connectivity index (χ1n) is 8.22. The molecule has 2 aromatic rings. The molecule has 0 saturated carbocycles. The fourth-order valence-corrected chi connectivity index (χ4v) is 3.02. The molecule has 1 N–H and O–H groups in total. The largest absolute Gasteiger partial charge is 0.493 e. The van der Waals surface area contributed by atoms with Gasteiger partial charge >= 0.3 is 0 Å². The van der Waals surface area contributed by atoms with Crippen LogP contribution in [0.15, 0.2) is 36.4 Å². The quantitative estimate of drug-likeness (QED) is 0.871. The van der Waals surface area contributed by atoms with Crippen molar-refractivity contribution in [2.75, 3.05) is 25.7 Å². The summed E-state index contributed by atoms with van der Waals surface area (Å²) in [5.41, 5.74) is -0.0824. The van der Waals surface area contributed by atoms with Gasteiger partial charge in [-0.05, 0) is 24.3 Å². The molecule has 8 heteroatoms. The highest BCUT2D eigenvalue weighted by Crippen LogP contribution is 2.33. The first-order valence-corrected chi connectivity index (χ1v) is 8.22. The number of hydrogen-bond donors (Lipinski definition) is 1. The van der Waals surface area contributed by atoms with Crippen LogP contribution >= 0.6 is 0 Å². The molecule has 1 heterocycles. The lowest BCUT2D eigenvalue weighted by Crippen LogP contribution is -2.38. The Morgan fingerprint density at radius 2 is 1.78 bits per heavy atom. The Hall–Kier alpha value is -3.16. The normalized spacial score (nSPS) is 16.4. The number of methoxy groups -OCH3 is 2. The van der Waals surface area contributed by atoms with Crippen LogP contribution in [0.25, 0.3) is 0 Å². The molecule has 0 spiro atoms. The zero-order valence-electron chi connectivity index (χ0n) is 14.8. The van der Waals surface area contributed by atoms with E-state index in [2.05, 4.69) is 5.32 Å². The molecule has 6 nitrogen and oxygen atoms in total. The molecule has 0 aliphatic carbocycles. The van der Waals surface area contributed by atoms with Gasteiger partial charge in [-0.3, -0.25) is 9.59 Å².